The molecular formula is C17H15ClN2O4S2. The minimum Gasteiger partial charge on any atom is -0.335 e. The molecular weight excluding hydrogens is 396 g/mol. The Labute approximate surface area is 160 Å². The Hall–Kier alpha value is -2.03. The maximum atomic E-state index is 12.9. The Morgan fingerprint density at radius 2 is 1.92 bits per heavy atom. The Bertz CT molecular complexity index is 978. The highest BCUT2D eigenvalue weighted by molar-refractivity contribution is 8.14. The van der Waals surface area contributed by atoms with Crippen LogP contribution in [0.15, 0.2) is 52.3 Å². The van der Waals surface area contributed by atoms with Crippen molar-refractivity contribution in [2.24, 2.45) is 0 Å². The maximum absolute atomic E-state index is 12.9. The van der Waals surface area contributed by atoms with E-state index in [-0.39, 0.29) is 28.0 Å². The number of aryl methyl sites for hydroxylation is 1. The summed E-state index contributed by atoms with van der Waals surface area (Å²) in [5.41, 5.74) is 0.984. The third-order valence-electron chi connectivity index (χ3n) is 3.82. The third-order valence-corrected chi connectivity index (χ3v) is 7.16. The molecule has 1 heterocycles. The van der Waals surface area contributed by atoms with Gasteiger partial charge in [0.2, 0.25) is 5.12 Å². The molecule has 136 valence electrons. The molecule has 0 radical (unpaired) electrons. The fraction of sp³-hybridized carbons (Fsp3) is 0.176. The minimum atomic E-state index is -4.10. The van der Waals surface area contributed by atoms with Crippen molar-refractivity contribution in [1.82, 2.24) is 9.62 Å². The van der Waals surface area contributed by atoms with E-state index in [9.17, 15) is 18.0 Å². The second-order valence-corrected chi connectivity index (χ2v) is 8.87. The van der Waals surface area contributed by atoms with Crippen molar-refractivity contribution >= 4 is 44.5 Å². The van der Waals surface area contributed by atoms with Gasteiger partial charge >= 0.3 is 6.03 Å². The van der Waals surface area contributed by atoms with Gasteiger partial charge in [-0.25, -0.2) is 17.5 Å². The number of thioether (sulfide) groups is 1. The quantitative estimate of drug-likeness (QED) is 0.782. The average Bonchev–Trinajstić information content (AvgIpc) is 3.05. The largest absolute Gasteiger partial charge is 0.335 e. The van der Waals surface area contributed by atoms with E-state index >= 15 is 0 Å². The maximum Gasteiger partial charge on any atom is 0.331 e. The van der Waals surface area contributed by atoms with E-state index in [1.165, 1.54) is 12.1 Å². The van der Waals surface area contributed by atoms with E-state index in [0.29, 0.717) is 16.1 Å². The normalized spacial score (nSPS) is 14.4. The van der Waals surface area contributed by atoms with E-state index in [4.69, 9.17) is 11.6 Å². The summed E-state index contributed by atoms with van der Waals surface area (Å²) < 4.78 is 26.7. The first-order valence-corrected chi connectivity index (χ1v) is 10.3. The molecule has 0 spiro atoms. The fourth-order valence-corrected chi connectivity index (χ4v) is 5.40. The van der Waals surface area contributed by atoms with E-state index < -0.39 is 16.1 Å². The van der Waals surface area contributed by atoms with Gasteiger partial charge in [-0.1, -0.05) is 41.9 Å². The van der Waals surface area contributed by atoms with Crippen LogP contribution in [0.25, 0.3) is 0 Å². The van der Waals surface area contributed by atoms with Crippen LogP contribution in [-0.4, -0.2) is 37.0 Å². The van der Waals surface area contributed by atoms with Crippen molar-refractivity contribution in [2.75, 3.05) is 13.1 Å². The summed E-state index contributed by atoms with van der Waals surface area (Å²) in [7, 11) is -4.10. The smallest absolute Gasteiger partial charge is 0.331 e. The molecule has 2 amide bonds. The number of amides is 2. The van der Waals surface area contributed by atoms with Gasteiger partial charge in [-0.3, -0.25) is 4.79 Å². The highest BCUT2D eigenvalue weighted by atomic mass is 35.5. The molecule has 0 atom stereocenters. The minimum absolute atomic E-state index is 0.0412. The van der Waals surface area contributed by atoms with Crippen molar-refractivity contribution < 1.29 is 18.0 Å². The number of benzene rings is 2. The van der Waals surface area contributed by atoms with Crippen molar-refractivity contribution in [2.45, 2.75) is 16.7 Å². The molecule has 3 rings (SSSR count). The van der Waals surface area contributed by atoms with Gasteiger partial charge in [-0.2, -0.15) is 0 Å². The molecule has 1 fully saturated rings. The zero-order valence-corrected chi connectivity index (χ0v) is 16.1. The first-order chi connectivity index (χ1) is 12.3. The summed E-state index contributed by atoms with van der Waals surface area (Å²) in [6.45, 7) is 1.95. The van der Waals surface area contributed by atoms with Gasteiger partial charge in [-0.15, -0.1) is 0 Å². The molecule has 0 bridgehead atoms. The summed E-state index contributed by atoms with van der Waals surface area (Å²) in [4.78, 5) is 24.4. The van der Waals surface area contributed by atoms with E-state index in [1.807, 2.05) is 0 Å². The van der Waals surface area contributed by atoms with Crippen molar-refractivity contribution in [1.29, 1.82) is 0 Å². The van der Waals surface area contributed by atoms with Gasteiger partial charge in [0.25, 0.3) is 10.0 Å². The lowest BCUT2D eigenvalue weighted by molar-refractivity contribution is 0.108. The lowest BCUT2D eigenvalue weighted by atomic mass is 10.2. The Kier molecular flexibility index (Phi) is 5.27. The van der Waals surface area contributed by atoms with Crippen LogP contribution in [0.3, 0.4) is 0 Å². The van der Waals surface area contributed by atoms with Gasteiger partial charge < -0.3 is 5.32 Å². The number of halogens is 1. The Balaban J connectivity index is 2.04. The number of urea groups is 1. The molecule has 0 saturated carbocycles. The fourth-order valence-electron chi connectivity index (χ4n) is 2.45. The summed E-state index contributed by atoms with van der Waals surface area (Å²) in [6.07, 6.45) is 0. The number of carbonyl (C=O) groups is 2. The Morgan fingerprint density at radius 3 is 2.54 bits per heavy atom. The highest BCUT2D eigenvalue weighted by Gasteiger charge is 2.35. The predicted molar refractivity (Wildman–Crippen MR) is 100 cm³/mol. The monoisotopic (exact) mass is 410 g/mol. The van der Waals surface area contributed by atoms with Gasteiger partial charge in [0.15, 0.2) is 0 Å². The topological polar surface area (TPSA) is 83.6 Å². The van der Waals surface area contributed by atoms with Gasteiger partial charge in [0.05, 0.1) is 6.54 Å². The van der Waals surface area contributed by atoms with Gasteiger partial charge in [0, 0.05) is 22.0 Å². The molecule has 9 heteroatoms. The van der Waals surface area contributed by atoms with Crippen LogP contribution in [0.5, 0.6) is 0 Å². The number of hydrogen-bond acceptors (Lipinski definition) is 5. The molecule has 1 saturated heterocycles. The SMILES string of the molecule is Cc1cc(S(=O)(=O)N2CCNC2=O)c(SC(=O)c2ccccc2)cc1Cl. The molecule has 26 heavy (non-hydrogen) atoms. The zero-order chi connectivity index (χ0) is 18.9. The number of sulfonamides is 1. The molecule has 1 N–H and O–H groups in total. The summed E-state index contributed by atoms with van der Waals surface area (Å²) in [5.74, 6) is 0. The number of nitrogens with one attached hydrogen (secondary N) is 1. The van der Waals surface area contributed by atoms with Crippen LogP contribution >= 0.6 is 23.4 Å². The van der Waals surface area contributed by atoms with Crippen LogP contribution in [-0.2, 0) is 10.0 Å². The average molecular weight is 411 g/mol. The lowest BCUT2D eigenvalue weighted by Crippen LogP contribution is -2.34. The first kappa shape index (κ1) is 18.8. The molecule has 1 aliphatic rings. The van der Waals surface area contributed by atoms with Crippen molar-refractivity contribution in [3.05, 3.63) is 58.6 Å². The van der Waals surface area contributed by atoms with Crippen LogP contribution in [0.4, 0.5) is 4.79 Å². The number of hydrogen-bond donors (Lipinski definition) is 1. The highest BCUT2D eigenvalue weighted by Crippen LogP contribution is 2.35. The second kappa shape index (κ2) is 7.30. The van der Waals surface area contributed by atoms with E-state index in [1.54, 1.807) is 37.3 Å². The number of carbonyl (C=O) groups excluding carboxylic acids is 2. The van der Waals surface area contributed by atoms with Crippen LogP contribution in [0.1, 0.15) is 15.9 Å². The lowest BCUT2D eigenvalue weighted by Gasteiger charge is -2.18. The van der Waals surface area contributed by atoms with Gasteiger partial charge in [-0.05, 0) is 36.4 Å². The zero-order valence-electron chi connectivity index (χ0n) is 13.7. The summed E-state index contributed by atoms with van der Waals surface area (Å²) in [5, 5.41) is 2.50. The first-order valence-electron chi connectivity index (χ1n) is 7.68. The summed E-state index contributed by atoms with van der Waals surface area (Å²) >= 11 is 6.91. The molecule has 1 aliphatic heterocycles. The van der Waals surface area contributed by atoms with Crippen LogP contribution in [0, 0.1) is 6.92 Å². The van der Waals surface area contributed by atoms with Crippen LogP contribution in [0.2, 0.25) is 5.02 Å². The predicted octanol–water partition coefficient (Wildman–Crippen LogP) is 3.29. The van der Waals surface area contributed by atoms with Gasteiger partial charge in [0.1, 0.15) is 4.90 Å². The standard InChI is InChI=1S/C17H15ClN2O4S2/c1-11-9-15(26(23,24)20-8-7-19-17(20)22)14(10-13(11)18)25-16(21)12-5-3-2-4-6-12/h2-6,9-10H,7-8H2,1H3,(H,19,22). The molecule has 0 aliphatic carbocycles. The number of nitrogens with zero attached hydrogens (tertiary/aromatic N) is 1. The molecule has 2 aromatic rings. The molecule has 0 unspecified atom stereocenters. The van der Waals surface area contributed by atoms with Crippen molar-refractivity contribution in [3.8, 4) is 0 Å². The number of rotatable bonds is 4. The van der Waals surface area contributed by atoms with Crippen molar-refractivity contribution in [3.63, 3.8) is 0 Å². The van der Waals surface area contributed by atoms with Crippen LogP contribution < -0.4 is 5.32 Å². The molecule has 2 aromatic carbocycles. The molecule has 0 aromatic heterocycles. The third kappa shape index (κ3) is 3.58. The van der Waals surface area contributed by atoms with E-state index in [0.717, 1.165) is 16.1 Å². The second-order valence-electron chi connectivity index (χ2n) is 5.61. The van der Waals surface area contributed by atoms with E-state index in [2.05, 4.69) is 5.32 Å². The summed E-state index contributed by atoms with van der Waals surface area (Å²) in [6, 6.07) is 10.7. The Morgan fingerprint density at radius 1 is 1.23 bits per heavy atom. The molecule has 6 nitrogen and oxygen atoms in total.